The average molecular weight is 263 g/mol. The second-order valence-electron chi connectivity index (χ2n) is 4.33. The zero-order valence-electron chi connectivity index (χ0n) is 11.0. The molecule has 19 heavy (non-hydrogen) atoms. The van der Waals surface area contributed by atoms with Crippen LogP contribution < -0.4 is 10.1 Å². The van der Waals surface area contributed by atoms with E-state index in [2.05, 4.69) is 10.3 Å². The van der Waals surface area contributed by atoms with Gasteiger partial charge in [0.25, 0.3) is 0 Å². The Bertz CT molecular complexity index is 499. The molecule has 1 aromatic carbocycles. The van der Waals surface area contributed by atoms with Crippen LogP contribution in [0.25, 0.3) is 0 Å². The maximum atomic E-state index is 13.4. The number of rotatable bonds is 7. The summed E-state index contributed by atoms with van der Waals surface area (Å²) in [5, 5.41) is 2.99. The van der Waals surface area contributed by atoms with E-state index in [1.54, 1.807) is 12.5 Å². The molecule has 0 amide bonds. The SMILES string of the molecule is CNCc1cc(F)cc(OCCCn2ccnc2)c1. The van der Waals surface area contributed by atoms with Crippen LogP contribution in [0.5, 0.6) is 5.75 Å². The van der Waals surface area contributed by atoms with Gasteiger partial charge >= 0.3 is 0 Å². The molecule has 1 heterocycles. The van der Waals surface area contributed by atoms with Crippen molar-refractivity contribution in [1.29, 1.82) is 0 Å². The summed E-state index contributed by atoms with van der Waals surface area (Å²) in [6, 6.07) is 4.78. The van der Waals surface area contributed by atoms with E-state index in [1.807, 2.05) is 23.9 Å². The summed E-state index contributed by atoms with van der Waals surface area (Å²) in [6.45, 7) is 2.03. The van der Waals surface area contributed by atoms with E-state index >= 15 is 0 Å². The summed E-state index contributed by atoms with van der Waals surface area (Å²) in [5.41, 5.74) is 0.882. The Balaban J connectivity index is 1.81. The number of ether oxygens (including phenoxy) is 1. The van der Waals surface area contributed by atoms with E-state index in [-0.39, 0.29) is 5.82 Å². The van der Waals surface area contributed by atoms with Crippen molar-refractivity contribution in [2.45, 2.75) is 19.5 Å². The van der Waals surface area contributed by atoms with E-state index in [0.717, 1.165) is 18.5 Å². The molecule has 102 valence electrons. The minimum atomic E-state index is -0.266. The lowest BCUT2D eigenvalue weighted by Crippen LogP contribution is -2.07. The number of halogens is 1. The molecule has 0 bridgehead atoms. The molecule has 0 radical (unpaired) electrons. The van der Waals surface area contributed by atoms with Crippen molar-refractivity contribution >= 4 is 0 Å². The molecule has 0 aliphatic carbocycles. The Morgan fingerprint density at radius 2 is 2.26 bits per heavy atom. The number of hydrogen-bond acceptors (Lipinski definition) is 3. The molecule has 2 rings (SSSR count). The lowest BCUT2D eigenvalue weighted by atomic mass is 10.2. The van der Waals surface area contributed by atoms with E-state index in [4.69, 9.17) is 4.74 Å². The largest absolute Gasteiger partial charge is 0.493 e. The number of benzene rings is 1. The molecule has 0 saturated heterocycles. The van der Waals surface area contributed by atoms with Crippen molar-refractivity contribution in [2.24, 2.45) is 0 Å². The molecule has 0 unspecified atom stereocenters. The van der Waals surface area contributed by atoms with Crippen LogP contribution in [0.1, 0.15) is 12.0 Å². The Labute approximate surface area is 112 Å². The van der Waals surface area contributed by atoms with Crippen LogP contribution in [0.15, 0.2) is 36.9 Å². The minimum absolute atomic E-state index is 0.266. The van der Waals surface area contributed by atoms with Crippen LogP contribution in [0.2, 0.25) is 0 Å². The fourth-order valence-corrected chi connectivity index (χ4v) is 1.87. The number of nitrogens with one attached hydrogen (secondary N) is 1. The van der Waals surface area contributed by atoms with Gasteiger partial charge in [-0.1, -0.05) is 0 Å². The van der Waals surface area contributed by atoms with Crippen molar-refractivity contribution in [3.05, 3.63) is 48.3 Å². The first-order chi connectivity index (χ1) is 9.28. The number of imidazole rings is 1. The first kappa shape index (κ1) is 13.5. The third-order valence-corrected chi connectivity index (χ3v) is 2.70. The van der Waals surface area contributed by atoms with Crippen LogP contribution in [-0.4, -0.2) is 23.2 Å². The molecule has 1 N–H and O–H groups in total. The normalized spacial score (nSPS) is 10.6. The fourth-order valence-electron chi connectivity index (χ4n) is 1.87. The van der Waals surface area contributed by atoms with Gasteiger partial charge in [-0.3, -0.25) is 0 Å². The molecule has 0 aliphatic heterocycles. The summed E-state index contributed by atoms with van der Waals surface area (Å²) >= 11 is 0. The Morgan fingerprint density at radius 1 is 1.37 bits per heavy atom. The molecular formula is C14H18FN3O. The molecule has 2 aromatic rings. The summed E-state index contributed by atoms with van der Waals surface area (Å²) in [7, 11) is 1.83. The molecule has 0 aliphatic rings. The van der Waals surface area contributed by atoms with Gasteiger partial charge in [0, 0.05) is 31.5 Å². The van der Waals surface area contributed by atoms with E-state index < -0.39 is 0 Å². The van der Waals surface area contributed by atoms with Crippen molar-refractivity contribution in [2.75, 3.05) is 13.7 Å². The van der Waals surface area contributed by atoms with Gasteiger partial charge in [-0.05, 0) is 31.2 Å². The summed E-state index contributed by atoms with van der Waals surface area (Å²) in [6.07, 6.45) is 6.28. The lowest BCUT2D eigenvalue weighted by molar-refractivity contribution is 0.300. The Morgan fingerprint density at radius 3 is 3.00 bits per heavy atom. The van der Waals surface area contributed by atoms with Gasteiger partial charge in [0.05, 0.1) is 12.9 Å². The van der Waals surface area contributed by atoms with E-state index in [0.29, 0.717) is 18.9 Å². The fraction of sp³-hybridized carbons (Fsp3) is 0.357. The predicted molar refractivity (Wildman–Crippen MR) is 71.5 cm³/mol. The molecule has 1 aromatic heterocycles. The topological polar surface area (TPSA) is 39.1 Å². The maximum Gasteiger partial charge on any atom is 0.127 e. The molecule has 4 nitrogen and oxygen atoms in total. The van der Waals surface area contributed by atoms with Gasteiger partial charge in [-0.2, -0.15) is 0 Å². The average Bonchev–Trinajstić information content (AvgIpc) is 2.87. The van der Waals surface area contributed by atoms with Gasteiger partial charge in [-0.15, -0.1) is 0 Å². The van der Waals surface area contributed by atoms with Crippen LogP contribution in [0.4, 0.5) is 4.39 Å². The zero-order valence-corrected chi connectivity index (χ0v) is 11.0. The highest BCUT2D eigenvalue weighted by Gasteiger charge is 2.01. The Hall–Kier alpha value is -1.88. The van der Waals surface area contributed by atoms with Gasteiger partial charge in [-0.25, -0.2) is 9.37 Å². The molecule has 0 spiro atoms. The number of aryl methyl sites for hydroxylation is 1. The predicted octanol–water partition coefficient (Wildman–Crippen LogP) is 2.21. The highest BCUT2D eigenvalue weighted by atomic mass is 19.1. The highest BCUT2D eigenvalue weighted by Crippen LogP contribution is 2.16. The quantitative estimate of drug-likeness (QED) is 0.778. The van der Waals surface area contributed by atoms with Crippen molar-refractivity contribution in [3.8, 4) is 5.75 Å². The zero-order chi connectivity index (χ0) is 13.5. The number of nitrogens with zero attached hydrogens (tertiary/aromatic N) is 2. The van der Waals surface area contributed by atoms with Gasteiger partial charge < -0.3 is 14.6 Å². The van der Waals surface area contributed by atoms with Crippen LogP contribution in [-0.2, 0) is 13.1 Å². The first-order valence-electron chi connectivity index (χ1n) is 6.30. The van der Waals surface area contributed by atoms with Crippen LogP contribution in [0.3, 0.4) is 0 Å². The summed E-state index contributed by atoms with van der Waals surface area (Å²) < 4.78 is 20.9. The smallest absolute Gasteiger partial charge is 0.127 e. The minimum Gasteiger partial charge on any atom is -0.493 e. The maximum absolute atomic E-state index is 13.4. The van der Waals surface area contributed by atoms with Crippen molar-refractivity contribution in [3.63, 3.8) is 0 Å². The molecule has 5 heteroatoms. The number of hydrogen-bond donors (Lipinski definition) is 1. The molecule has 0 saturated carbocycles. The third-order valence-electron chi connectivity index (χ3n) is 2.70. The lowest BCUT2D eigenvalue weighted by Gasteiger charge is -2.09. The summed E-state index contributed by atoms with van der Waals surface area (Å²) in [4.78, 5) is 3.97. The van der Waals surface area contributed by atoms with Gasteiger partial charge in [0.1, 0.15) is 11.6 Å². The van der Waals surface area contributed by atoms with Crippen LogP contribution >= 0.6 is 0 Å². The van der Waals surface area contributed by atoms with Crippen LogP contribution in [0, 0.1) is 5.82 Å². The Kier molecular flexibility index (Phi) is 4.92. The molecular weight excluding hydrogens is 245 g/mol. The van der Waals surface area contributed by atoms with Gasteiger partial charge in [0.15, 0.2) is 0 Å². The van der Waals surface area contributed by atoms with Gasteiger partial charge in [0.2, 0.25) is 0 Å². The standard InChI is InChI=1S/C14H18FN3O/c1-16-10-12-7-13(15)9-14(8-12)19-6-2-4-18-5-3-17-11-18/h3,5,7-9,11,16H,2,4,6,10H2,1H3. The third kappa shape index (κ3) is 4.37. The highest BCUT2D eigenvalue weighted by molar-refractivity contribution is 5.29. The van der Waals surface area contributed by atoms with E-state index in [1.165, 1.54) is 12.1 Å². The first-order valence-corrected chi connectivity index (χ1v) is 6.30. The van der Waals surface area contributed by atoms with Crippen molar-refractivity contribution in [1.82, 2.24) is 14.9 Å². The van der Waals surface area contributed by atoms with E-state index in [9.17, 15) is 4.39 Å². The number of aromatic nitrogens is 2. The second kappa shape index (κ2) is 6.89. The molecule has 0 atom stereocenters. The molecule has 0 fully saturated rings. The van der Waals surface area contributed by atoms with Crippen molar-refractivity contribution < 1.29 is 9.13 Å². The monoisotopic (exact) mass is 263 g/mol. The second-order valence-corrected chi connectivity index (χ2v) is 4.33. The summed E-state index contributed by atoms with van der Waals surface area (Å²) in [5.74, 6) is 0.313.